The summed E-state index contributed by atoms with van der Waals surface area (Å²) in [4.78, 5) is 21.2. The molecule has 1 spiro atoms. The van der Waals surface area contributed by atoms with Gasteiger partial charge in [0.2, 0.25) is 5.91 Å². The summed E-state index contributed by atoms with van der Waals surface area (Å²) in [6.45, 7) is 12.2. The normalized spacial score (nSPS) is 18.3. The predicted octanol–water partition coefficient (Wildman–Crippen LogP) is 6.27. The number of amides is 1. The van der Waals surface area contributed by atoms with Gasteiger partial charge in [0.15, 0.2) is 0 Å². The standard InChI is InChI=1S/C29H36N2O2/c1-6-23(19-22-9-13-25(14-10-22)28(3,4)5)27(32)31-17-15-29(16-18-31)20-26(30-33-29)24-11-7-21(2)8-12-24/h7-14,19H,6,15-18,20H2,1-5H3. The van der Waals surface area contributed by atoms with Crippen LogP contribution in [-0.2, 0) is 15.0 Å². The fraction of sp³-hybridized carbons (Fsp3) is 0.448. The van der Waals surface area contributed by atoms with E-state index in [0.717, 1.165) is 48.1 Å². The molecule has 0 unspecified atom stereocenters. The van der Waals surface area contributed by atoms with Crippen molar-refractivity contribution in [1.82, 2.24) is 4.90 Å². The largest absolute Gasteiger partial charge is 0.388 e. The van der Waals surface area contributed by atoms with Crippen LogP contribution in [0, 0.1) is 6.92 Å². The first-order valence-corrected chi connectivity index (χ1v) is 12.1. The van der Waals surface area contributed by atoms with Crippen LogP contribution in [-0.4, -0.2) is 35.2 Å². The highest BCUT2D eigenvalue weighted by molar-refractivity contribution is 6.02. The molecule has 4 nitrogen and oxygen atoms in total. The maximum atomic E-state index is 13.3. The van der Waals surface area contributed by atoms with E-state index in [1.807, 2.05) is 11.0 Å². The number of hydrogen-bond donors (Lipinski definition) is 0. The number of nitrogens with zero attached hydrogens (tertiary/aromatic N) is 2. The molecule has 0 aromatic heterocycles. The molecular weight excluding hydrogens is 408 g/mol. The van der Waals surface area contributed by atoms with Crippen molar-refractivity contribution in [2.24, 2.45) is 5.16 Å². The first-order valence-electron chi connectivity index (χ1n) is 12.1. The summed E-state index contributed by atoms with van der Waals surface area (Å²) in [5.74, 6) is 0.143. The van der Waals surface area contributed by atoms with Crippen LogP contribution in [0.1, 0.15) is 75.6 Å². The lowest BCUT2D eigenvalue weighted by Crippen LogP contribution is -2.47. The molecule has 1 amide bonds. The van der Waals surface area contributed by atoms with Crippen molar-refractivity contribution in [2.45, 2.75) is 71.3 Å². The first-order chi connectivity index (χ1) is 15.7. The van der Waals surface area contributed by atoms with Gasteiger partial charge in [0.25, 0.3) is 0 Å². The SMILES string of the molecule is CCC(=Cc1ccc(C(C)(C)C)cc1)C(=O)N1CCC2(CC1)CC(c1ccc(C)cc1)=NO2. The van der Waals surface area contributed by atoms with E-state index in [1.165, 1.54) is 11.1 Å². The molecule has 0 atom stereocenters. The van der Waals surface area contributed by atoms with Crippen LogP contribution < -0.4 is 0 Å². The molecule has 2 aromatic carbocycles. The Bertz CT molecular complexity index is 1050. The Kier molecular flexibility index (Phi) is 6.47. The molecule has 0 radical (unpaired) electrons. The maximum Gasteiger partial charge on any atom is 0.249 e. The predicted molar refractivity (Wildman–Crippen MR) is 135 cm³/mol. The molecule has 0 saturated carbocycles. The number of rotatable bonds is 4. The minimum Gasteiger partial charge on any atom is -0.388 e. The van der Waals surface area contributed by atoms with E-state index in [-0.39, 0.29) is 16.9 Å². The average molecular weight is 445 g/mol. The third kappa shape index (κ3) is 5.21. The van der Waals surface area contributed by atoms with Gasteiger partial charge in [0.1, 0.15) is 5.60 Å². The number of carbonyl (C=O) groups is 1. The molecule has 0 N–H and O–H groups in total. The average Bonchev–Trinajstić information content (AvgIpc) is 3.21. The van der Waals surface area contributed by atoms with Crippen molar-refractivity contribution in [1.29, 1.82) is 0 Å². The van der Waals surface area contributed by atoms with Crippen LogP contribution in [0.2, 0.25) is 0 Å². The number of aryl methyl sites for hydroxylation is 1. The summed E-state index contributed by atoms with van der Waals surface area (Å²) in [7, 11) is 0. The van der Waals surface area contributed by atoms with E-state index < -0.39 is 0 Å². The molecule has 2 aliphatic rings. The molecule has 2 aliphatic heterocycles. The Morgan fingerprint density at radius 2 is 1.70 bits per heavy atom. The summed E-state index contributed by atoms with van der Waals surface area (Å²) in [6, 6.07) is 17.0. The highest BCUT2D eigenvalue weighted by Gasteiger charge is 2.43. The van der Waals surface area contributed by atoms with Crippen molar-refractivity contribution in [3.05, 3.63) is 76.4 Å². The van der Waals surface area contributed by atoms with Crippen molar-refractivity contribution in [3.8, 4) is 0 Å². The van der Waals surface area contributed by atoms with Crippen molar-refractivity contribution in [3.63, 3.8) is 0 Å². The van der Waals surface area contributed by atoms with Gasteiger partial charge in [-0.05, 0) is 41.5 Å². The smallest absolute Gasteiger partial charge is 0.249 e. The zero-order valence-corrected chi connectivity index (χ0v) is 20.6. The molecule has 2 heterocycles. The molecule has 4 heteroatoms. The van der Waals surface area contributed by atoms with Crippen molar-refractivity contribution >= 4 is 17.7 Å². The molecule has 0 aliphatic carbocycles. The summed E-state index contributed by atoms with van der Waals surface area (Å²) >= 11 is 0. The van der Waals surface area contributed by atoms with Gasteiger partial charge in [-0.3, -0.25) is 4.79 Å². The topological polar surface area (TPSA) is 41.9 Å². The Morgan fingerprint density at radius 1 is 1.06 bits per heavy atom. The zero-order chi connectivity index (χ0) is 23.6. The van der Waals surface area contributed by atoms with E-state index in [9.17, 15) is 4.79 Å². The third-order valence-electron chi connectivity index (χ3n) is 6.96. The number of piperidine rings is 1. The molecule has 174 valence electrons. The molecule has 4 rings (SSSR count). The quantitative estimate of drug-likeness (QED) is 0.522. The van der Waals surface area contributed by atoms with Gasteiger partial charge < -0.3 is 9.74 Å². The molecular formula is C29H36N2O2. The van der Waals surface area contributed by atoms with E-state index in [0.29, 0.717) is 13.1 Å². The van der Waals surface area contributed by atoms with Gasteiger partial charge in [-0.1, -0.05) is 86.9 Å². The fourth-order valence-corrected chi connectivity index (χ4v) is 4.61. The van der Waals surface area contributed by atoms with Crippen LogP contribution in [0.15, 0.2) is 59.3 Å². The molecule has 1 fully saturated rings. The zero-order valence-electron chi connectivity index (χ0n) is 20.6. The second kappa shape index (κ2) is 9.17. The highest BCUT2D eigenvalue weighted by atomic mass is 16.7. The Balaban J connectivity index is 1.38. The minimum atomic E-state index is -0.268. The van der Waals surface area contributed by atoms with Crippen LogP contribution >= 0.6 is 0 Å². The van der Waals surface area contributed by atoms with E-state index >= 15 is 0 Å². The minimum absolute atomic E-state index is 0.126. The van der Waals surface area contributed by atoms with Crippen molar-refractivity contribution in [2.75, 3.05) is 13.1 Å². The van der Waals surface area contributed by atoms with Gasteiger partial charge in [0, 0.05) is 37.9 Å². The first kappa shape index (κ1) is 23.3. The number of carbonyl (C=O) groups excluding carboxylic acids is 1. The number of hydrogen-bond acceptors (Lipinski definition) is 3. The summed E-state index contributed by atoms with van der Waals surface area (Å²) < 4.78 is 0. The van der Waals surface area contributed by atoms with Crippen LogP contribution in [0.4, 0.5) is 0 Å². The second-order valence-corrected chi connectivity index (χ2v) is 10.5. The summed E-state index contributed by atoms with van der Waals surface area (Å²) in [5, 5.41) is 4.42. The Labute approximate surface area is 198 Å². The summed E-state index contributed by atoms with van der Waals surface area (Å²) in [5.41, 5.74) is 6.48. The van der Waals surface area contributed by atoms with Gasteiger partial charge in [0.05, 0.1) is 5.71 Å². The van der Waals surface area contributed by atoms with Crippen LogP contribution in [0.3, 0.4) is 0 Å². The lowest BCUT2D eigenvalue weighted by atomic mass is 9.85. The van der Waals surface area contributed by atoms with Crippen LogP contribution in [0.5, 0.6) is 0 Å². The van der Waals surface area contributed by atoms with Gasteiger partial charge in [-0.25, -0.2) is 0 Å². The third-order valence-corrected chi connectivity index (χ3v) is 6.96. The Morgan fingerprint density at radius 3 is 2.27 bits per heavy atom. The fourth-order valence-electron chi connectivity index (χ4n) is 4.61. The lowest BCUT2D eigenvalue weighted by molar-refractivity contribution is -0.132. The van der Waals surface area contributed by atoms with E-state index in [2.05, 4.69) is 88.3 Å². The maximum absolute atomic E-state index is 13.3. The number of likely N-dealkylation sites (tertiary alicyclic amines) is 1. The molecule has 33 heavy (non-hydrogen) atoms. The highest BCUT2D eigenvalue weighted by Crippen LogP contribution is 2.36. The van der Waals surface area contributed by atoms with Gasteiger partial charge in [-0.15, -0.1) is 0 Å². The number of benzene rings is 2. The second-order valence-electron chi connectivity index (χ2n) is 10.5. The van der Waals surface area contributed by atoms with E-state index in [4.69, 9.17) is 4.84 Å². The van der Waals surface area contributed by atoms with Gasteiger partial charge in [-0.2, -0.15) is 0 Å². The number of oxime groups is 1. The van der Waals surface area contributed by atoms with Crippen LogP contribution in [0.25, 0.3) is 6.08 Å². The van der Waals surface area contributed by atoms with Crippen molar-refractivity contribution < 1.29 is 9.63 Å². The van der Waals surface area contributed by atoms with Gasteiger partial charge >= 0.3 is 0 Å². The molecule has 0 bridgehead atoms. The summed E-state index contributed by atoms with van der Waals surface area (Å²) in [6.07, 6.45) is 5.21. The van der Waals surface area contributed by atoms with E-state index in [1.54, 1.807) is 0 Å². The molecule has 1 saturated heterocycles. The lowest BCUT2D eigenvalue weighted by Gasteiger charge is -2.37. The molecule has 2 aromatic rings. The monoisotopic (exact) mass is 444 g/mol. The Hall–Kier alpha value is -2.88.